The average molecular weight is 339 g/mol. The predicted molar refractivity (Wildman–Crippen MR) is 80.4 cm³/mol. The molecule has 2 nitrogen and oxygen atoms in total. The van der Waals surface area contributed by atoms with Crippen molar-refractivity contribution >= 4 is 15.9 Å². The SMILES string of the molecule is CCOc1ccc(C(O)Cc2ccccc2F)c(Br)c1. The second kappa shape index (κ2) is 6.86. The molecule has 0 radical (unpaired) electrons. The topological polar surface area (TPSA) is 29.5 Å². The number of ether oxygens (including phenoxy) is 1. The lowest BCUT2D eigenvalue weighted by Gasteiger charge is -2.14. The molecule has 0 saturated heterocycles. The van der Waals surface area contributed by atoms with Crippen LogP contribution in [0.1, 0.15) is 24.2 Å². The Morgan fingerprint density at radius 3 is 2.65 bits per heavy atom. The van der Waals surface area contributed by atoms with Gasteiger partial charge >= 0.3 is 0 Å². The Morgan fingerprint density at radius 1 is 1.25 bits per heavy atom. The van der Waals surface area contributed by atoms with Gasteiger partial charge in [-0.1, -0.05) is 40.2 Å². The number of rotatable bonds is 5. The summed E-state index contributed by atoms with van der Waals surface area (Å²) >= 11 is 3.42. The number of hydrogen-bond acceptors (Lipinski definition) is 2. The molecule has 0 aliphatic carbocycles. The fourth-order valence-electron chi connectivity index (χ4n) is 2.02. The van der Waals surface area contributed by atoms with Crippen molar-refractivity contribution in [2.45, 2.75) is 19.4 Å². The fourth-order valence-corrected chi connectivity index (χ4v) is 2.64. The van der Waals surface area contributed by atoms with Gasteiger partial charge in [0.2, 0.25) is 0 Å². The highest BCUT2D eigenvalue weighted by molar-refractivity contribution is 9.10. The lowest BCUT2D eigenvalue weighted by molar-refractivity contribution is 0.176. The molecule has 0 amide bonds. The molecule has 4 heteroatoms. The van der Waals surface area contributed by atoms with Crippen LogP contribution in [-0.4, -0.2) is 11.7 Å². The maximum Gasteiger partial charge on any atom is 0.126 e. The zero-order valence-electron chi connectivity index (χ0n) is 11.1. The molecule has 1 unspecified atom stereocenters. The summed E-state index contributed by atoms with van der Waals surface area (Å²) in [7, 11) is 0. The molecule has 2 aromatic rings. The van der Waals surface area contributed by atoms with E-state index in [9.17, 15) is 9.50 Å². The fraction of sp³-hybridized carbons (Fsp3) is 0.250. The van der Waals surface area contributed by atoms with E-state index in [4.69, 9.17) is 4.74 Å². The Kier molecular flexibility index (Phi) is 5.15. The van der Waals surface area contributed by atoms with Gasteiger partial charge in [0.15, 0.2) is 0 Å². The van der Waals surface area contributed by atoms with E-state index < -0.39 is 6.10 Å². The van der Waals surface area contributed by atoms with Crippen LogP contribution in [0.3, 0.4) is 0 Å². The van der Waals surface area contributed by atoms with Crippen LogP contribution < -0.4 is 4.74 Å². The first-order chi connectivity index (χ1) is 9.61. The summed E-state index contributed by atoms with van der Waals surface area (Å²) < 4.78 is 19.7. The second-order valence-corrected chi connectivity index (χ2v) is 5.28. The molecule has 1 N–H and O–H groups in total. The molecule has 0 heterocycles. The summed E-state index contributed by atoms with van der Waals surface area (Å²) in [5, 5.41) is 10.3. The first kappa shape index (κ1) is 15.0. The first-order valence-corrected chi connectivity index (χ1v) is 7.24. The standard InChI is InChI=1S/C16H16BrFO2/c1-2-20-12-7-8-13(14(17)10-12)16(19)9-11-5-3-4-6-15(11)18/h3-8,10,16,19H,2,9H2,1H3. The molecular formula is C16H16BrFO2. The van der Waals surface area contributed by atoms with Gasteiger partial charge in [0.1, 0.15) is 11.6 Å². The molecular weight excluding hydrogens is 323 g/mol. The van der Waals surface area contributed by atoms with Crippen LogP contribution in [0.2, 0.25) is 0 Å². The smallest absolute Gasteiger partial charge is 0.126 e. The third kappa shape index (κ3) is 3.58. The normalized spacial score (nSPS) is 12.2. The van der Waals surface area contributed by atoms with Gasteiger partial charge in [-0.05, 0) is 36.2 Å². The molecule has 0 saturated carbocycles. The van der Waals surface area contributed by atoms with E-state index in [-0.39, 0.29) is 12.2 Å². The average Bonchev–Trinajstić information content (AvgIpc) is 2.42. The van der Waals surface area contributed by atoms with E-state index in [1.165, 1.54) is 6.07 Å². The molecule has 2 rings (SSSR count). The van der Waals surface area contributed by atoms with Crippen LogP contribution in [0.4, 0.5) is 4.39 Å². The Morgan fingerprint density at radius 2 is 2.00 bits per heavy atom. The number of aliphatic hydroxyl groups excluding tert-OH is 1. The summed E-state index contributed by atoms with van der Waals surface area (Å²) in [6, 6.07) is 11.9. The van der Waals surface area contributed by atoms with Crippen LogP contribution >= 0.6 is 15.9 Å². The summed E-state index contributed by atoms with van der Waals surface area (Å²) in [5.74, 6) is 0.440. The number of hydrogen-bond donors (Lipinski definition) is 1. The minimum absolute atomic E-state index is 0.235. The molecule has 106 valence electrons. The largest absolute Gasteiger partial charge is 0.494 e. The molecule has 2 aromatic carbocycles. The number of halogens is 2. The van der Waals surface area contributed by atoms with Crippen molar-refractivity contribution in [2.24, 2.45) is 0 Å². The third-order valence-electron chi connectivity index (χ3n) is 3.01. The van der Waals surface area contributed by atoms with Gasteiger partial charge in [-0.3, -0.25) is 0 Å². The van der Waals surface area contributed by atoms with Crippen molar-refractivity contribution in [1.82, 2.24) is 0 Å². The molecule has 0 spiro atoms. The summed E-state index contributed by atoms with van der Waals surface area (Å²) in [4.78, 5) is 0. The number of aliphatic hydroxyl groups is 1. The van der Waals surface area contributed by atoms with E-state index in [0.29, 0.717) is 12.2 Å². The minimum Gasteiger partial charge on any atom is -0.494 e. The Hall–Kier alpha value is -1.39. The monoisotopic (exact) mass is 338 g/mol. The molecule has 0 aromatic heterocycles. The Labute approximate surface area is 126 Å². The Bertz CT molecular complexity index is 586. The van der Waals surface area contributed by atoms with Crippen molar-refractivity contribution in [1.29, 1.82) is 0 Å². The summed E-state index contributed by atoms with van der Waals surface area (Å²) in [6.07, 6.45) is -0.531. The van der Waals surface area contributed by atoms with E-state index in [1.54, 1.807) is 30.3 Å². The predicted octanol–water partition coefficient (Wildman–Crippen LogP) is 4.26. The lowest BCUT2D eigenvalue weighted by Crippen LogP contribution is -2.04. The molecule has 20 heavy (non-hydrogen) atoms. The van der Waals surface area contributed by atoms with Crippen LogP contribution in [0.15, 0.2) is 46.9 Å². The van der Waals surface area contributed by atoms with Gasteiger partial charge < -0.3 is 9.84 Å². The van der Waals surface area contributed by atoms with Gasteiger partial charge in [0.25, 0.3) is 0 Å². The Balaban J connectivity index is 2.17. The van der Waals surface area contributed by atoms with Crippen molar-refractivity contribution in [3.05, 3.63) is 63.9 Å². The van der Waals surface area contributed by atoms with Crippen molar-refractivity contribution in [3.63, 3.8) is 0 Å². The maximum atomic E-state index is 13.6. The molecule has 0 fully saturated rings. The van der Waals surface area contributed by atoms with Crippen molar-refractivity contribution in [2.75, 3.05) is 6.61 Å². The maximum absolute atomic E-state index is 13.6. The van der Waals surface area contributed by atoms with Gasteiger partial charge in [-0.2, -0.15) is 0 Å². The van der Waals surface area contributed by atoms with E-state index in [0.717, 1.165) is 15.8 Å². The van der Waals surface area contributed by atoms with Crippen LogP contribution in [0, 0.1) is 5.82 Å². The quantitative estimate of drug-likeness (QED) is 0.882. The minimum atomic E-state index is -0.767. The van der Waals surface area contributed by atoms with E-state index >= 15 is 0 Å². The van der Waals surface area contributed by atoms with E-state index in [2.05, 4.69) is 15.9 Å². The van der Waals surface area contributed by atoms with Gasteiger partial charge in [0, 0.05) is 10.9 Å². The van der Waals surface area contributed by atoms with Crippen molar-refractivity contribution in [3.8, 4) is 5.75 Å². The molecule has 0 aliphatic heterocycles. The van der Waals surface area contributed by atoms with Crippen molar-refractivity contribution < 1.29 is 14.2 Å². The molecule has 0 aliphatic rings. The van der Waals surface area contributed by atoms with Gasteiger partial charge in [-0.25, -0.2) is 4.39 Å². The van der Waals surface area contributed by atoms with Crippen LogP contribution in [-0.2, 0) is 6.42 Å². The highest BCUT2D eigenvalue weighted by Gasteiger charge is 2.14. The third-order valence-corrected chi connectivity index (χ3v) is 3.70. The molecule has 0 bridgehead atoms. The zero-order valence-corrected chi connectivity index (χ0v) is 12.7. The highest BCUT2D eigenvalue weighted by Crippen LogP contribution is 2.30. The summed E-state index contributed by atoms with van der Waals surface area (Å²) in [5.41, 5.74) is 1.22. The van der Waals surface area contributed by atoms with Gasteiger partial charge in [0.05, 0.1) is 12.7 Å². The first-order valence-electron chi connectivity index (χ1n) is 6.45. The van der Waals surface area contributed by atoms with E-state index in [1.807, 2.05) is 13.0 Å². The lowest BCUT2D eigenvalue weighted by atomic mass is 10.0. The number of benzene rings is 2. The second-order valence-electron chi connectivity index (χ2n) is 4.43. The molecule has 1 atom stereocenters. The van der Waals surface area contributed by atoms with Crippen LogP contribution in [0.5, 0.6) is 5.75 Å². The van der Waals surface area contributed by atoms with Crippen LogP contribution in [0.25, 0.3) is 0 Å². The summed E-state index contributed by atoms with van der Waals surface area (Å²) in [6.45, 7) is 2.50. The highest BCUT2D eigenvalue weighted by atomic mass is 79.9. The van der Waals surface area contributed by atoms with Gasteiger partial charge in [-0.15, -0.1) is 0 Å². The zero-order chi connectivity index (χ0) is 14.5.